The summed E-state index contributed by atoms with van der Waals surface area (Å²) < 4.78 is 6.92. The number of fused-ring (bicyclic) bond motifs is 4. The molecule has 0 saturated heterocycles. The molecule has 27 heavy (non-hydrogen) atoms. The van der Waals surface area contributed by atoms with Gasteiger partial charge < -0.3 is 9.64 Å². The molecular formula is C25H25NO. The van der Waals surface area contributed by atoms with Gasteiger partial charge in [0.2, 0.25) is 5.72 Å². The Morgan fingerprint density at radius 3 is 2.44 bits per heavy atom. The summed E-state index contributed by atoms with van der Waals surface area (Å²) in [7, 11) is 2.17. The van der Waals surface area contributed by atoms with E-state index in [9.17, 15) is 0 Å². The van der Waals surface area contributed by atoms with Gasteiger partial charge in [-0.25, -0.2) is 0 Å². The molecule has 0 aromatic heterocycles. The standard InChI is InChI=1S/C25H25NO/c1-4-24(5-2)21-12-8-9-13-22(21)26(3)25(24)17-16-20-19-11-7-6-10-18(19)14-15-23(20)27-25/h6-17H,4-5H2,1-3H3/t25-/m0/s1. The molecule has 2 aliphatic rings. The number of nitrogens with zero attached hydrogens (tertiary/aromatic N) is 1. The van der Waals surface area contributed by atoms with Gasteiger partial charge in [0.25, 0.3) is 0 Å². The van der Waals surface area contributed by atoms with Gasteiger partial charge in [-0.3, -0.25) is 0 Å². The minimum Gasteiger partial charge on any atom is -0.463 e. The summed E-state index contributed by atoms with van der Waals surface area (Å²) in [6.07, 6.45) is 6.63. The fourth-order valence-corrected chi connectivity index (χ4v) is 5.37. The Labute approximate surface area is 161 Å². The van der Waals surface area contributed by atoms with E-state index in [4.69, 9.17) is 4.74 Å². The molecule has 3 aromatic rings. The van der Waals surface area contributed by atoms with Crippen molar-refractivity contribution in [1.82, 2.24) is 0 Å². The highest BCUT2D eigenvalue weighted by molar-refractivity contribution is 5.94. The Morgan fingerprint density at radius 1 is 0.889 bits per heavy atom. The van der Waals surface area contributed by atoms with Gasteiger partial charge in [0.1, 0.15) is 5.75 Å². The van der Waals surface area contributed by atoms with Crippen molar-refractivity contribution in [3.63, 3.8) is 0 Å². The number of hydrogen-bond donors (Lipinski definition) is 0. The normalized spacial score (nSPS) is 22.0. The van der Waals surface area contributed by atoms with E-state index in [1.807, 2.05) is 0 Å². The highest BCUT2D eigenvalue weighted by Gasteiger charge is 2.60. The van der Waals surface area contributed by atoms with Crippen LogP contribution in [0, 0.1) is 0 Å². The minimum absolute atomic E-state index is 0.0713. The van der Waals surface area contributed by atoms with Crippen LogP contribution in [0.4, 0.5) is 5.69 Å². The van der Waals surface area contributed by atoms with Crippen molar-refractivity contribution in [2.45, 2.75) is 37.8 Å². The summed E-state index contributed by atoms with van der Waals surface area (Å²) in [4.78, 5) is 2.34. The molecule has 136 valence electrons. The molecule has 0 unspecified atom stereocenters. The zero-order valence-corrected chi connectivity index (χ0v) is 16.2. The van der Waals surface area contributed by atoms with Crippen LogP contribution in [-0.2, 0) is 5.41 Å². The van der Waals surface area contributed by atoms with E-state index in [1.165, 1.54) is 27.6 Å². The summed E-state index contributed by atoms with van der Waals surface area (Å²) in [5.74, 6) is 0.974. The third-order valence-corrected chi connectivity index (χ3v) is 6.84. The van der Waals surface area contributed by atoms with E-state index >= 15 is 0 Å². The molecule has 2 heterocycles. The number of para-hydroxylation sites is 1. The van der Waals surface area contributed by atoms with Crippen LogP contribution >= 0.6 is 0 Å². The SMILES string of the molecule is CCC1(CC)c2ccccc2N(C)[C@]12C=Cc1c(ccc3ccccc13)O2. The van der Waals surface area contributed by atoms with Gasteiger partial charge in [-0.05, 0) is 53.5 Å². The molecule has 0 saturated carbocycles. The second-order valence-electron chi connectivity index (χ2n) is 7.70. The molecule has 0 radical (unpaired) electrons. The lowest BCUT2D eigenvalue weighted by Gasteiger charge is -2.48. The second kappa shape index (κ2) is 5.63. The van der Waals surface area contributed by atoms with Crippen molar-refractivity contribution >= 4 is 22.5 Å². The van der Waals surface area contributed by atoms with E-state index in [0.29, 0.717) is 0 Å². The van der Waals surface area contributed by atoms with Crippen LogP contribution in [0.3, 0.4) is 0 Å². The Hall–Kier alpha value is -2.74. The van der Waals surface area contributed by atoms with Crippen LogP contribution in [0.25, 0.3) is 16.8 Å². The molecule has 0 bridgehead atoms. The number of rotatable bonds is 2. The van der Waals surface area contributed by atoms with Crippen molar-refractivity contribution in [3.8, 4) is 5.75 Å². The van der Waals surface area contributed by atoms with E-state index in [0.717, 1.165) is 18.6 Å². The molecule has 0 fully saturated rings. The molecule has 1 spiro atoms. The van der Waals surface area contributed by atoms with Crippen molar-refractivity contribution < 1.29 is 4.74 Å². The van der Waals surface area contributed by atoms with Crippen molar-refractivity contribution in [2.24, 2.45) is 0 Å². The van der Waals surface area contributed by atoms with Gasteiger partial charge >= 0.3 is 0 Å². The number of anilines is 1. The van der Waals surface area contributed by atoms with E-state index in [1.54, 1.807) is 0 Å². The van der Waals surface area contributed by atoms with Crippen LogP contribution in [0.15, 0.2) is 66.7 Å². The highest BCUT2D eigenvalue weighted by atomic mass is 16.5. The van der Waals surface area contributed by atoms with Crippen LogP contribution < -0.4 is 9.64 Å². The summed E-state index contributed by atoms with van der Waals surface area (Å²) in [6, 6.07) is 21.6. The first-order valence-electron chi connectivity index (χ1n) is 9.90. The molecule has 2 aliphatic heterocycles. The monoisotopic (exact) mass is 355 g/mol. The Kier molecular flexibility index (Phi) is 3.42. The fourth-order valence-electron chi connectivity index (χ4n) is 5.37. The largest absolute Gasteiger partial charge is 0.463 e. The van der Waals surface area contributed by atoms with Gasteiger partial charge in [-0.1, -0.05) is 62.4 Å². The third kappa shape index (κ3) is 1.91. The Bertz CT molecular complexity index is 1060. The molecule has 0 N–H and O–H groups in total. The first-order chi connectivity index (χ1) is 13.2. The van der Waals surface area contributed by atoms with Gasteiger partial charge in [-0.15, -0.1) is 0 Å². The van der Waals surface area contributed by atoms with Crippen LogP contribution in [0.1, 0.15) is 37.8 Å². The molecule has 3 aromatic carbocycles. The topological polar surface area (TPSA) is 12.5 Å². The third-order valence-electron chi connectivity index (χ3n) is 6.84. The Morgan fingerprint density at radius 2 is 1.63 bits per heavy atom. The maximum Gasteiger partial charge on any atom is 0.212 e. The molecule has 5 rings (SSSR count). The number of hydrogen-bond acceptors (Lipinski definition) is 2. The zero-order chi connectivity index (χ0) is 18.6. The quantitative estimate of drug-likeness (QED) is 0.547. The number of benzene rings is 3. The van der Waals surface area contributed by atoms with Crippen molar-refractivity contribution in [2.75, 3.05) is 11.9 Å². The highest BCUT2D eigenvalue weighted by Crippen LogP contribution is 2.57. The molecular weight excluding hydrogens is 330 g/mol. The van der Waals surface area contributed by atoms with Crippen LogP contribution in [0.5, 0.6) is 5.75 Å². The Balaban J connectivity index is 1.75. The first kappa shape index (κ1) is 16.4. The lowest BCUT2D eigenvalue weighted by Crippen LogP contribution is -2.60. The average molecular weight is 355 g/mol. The fraction of sp³-hybridized carbons (Fsp3) is 0.280. The lowest BCUT2D eigenvalue weighted by molar-refractivity contribution is 0.0349. The number of likely N-dealkylation sites (N-methyl/N-ethyl adjacent to an activating group) is 1. The van der Waals surface area contributed by atoms with Crippen molar-refractivity contribution in [3.05, 3.63) is 77.9 Å². The van der Waals surface area contributed by atoms with Gasteiger partial charge in [0, 0.05) is 18.3 Å². The molecule has 1 atom stereocenters. The second-order valence-corrected chi connectivity index (χ2v) is 7.70. The van der Waals surface area contributed by atoms with Gasteiger partial charge in [-0.2, -0.15) is 0 Å². The number of ether oxygens (including phenoxy) is 1. The van der Waals surface area contributed by atoms with Crippen LogP contribution in [0.2, 0.25) is 0 Å². The van der Waals surface area contributed by atoms with E-state index in [-0.39, 0.29) is 5.41 Å². The smallest absolute Gasteiger partial charge is 0.212 e. The predicted octanol–water partition coefficient (Wildman–Crippen LogP) is 6.15. The average Bonchev–Trinajstić information content (AvgIpc) is 2.93. The molecule has 2 nitrogen and oxygen atoms in total. The van der Waals surface area contributed by atoms with Crippen LogP contribution in [-0.4, -0.2) is 12.8 Å². The van der Waals surface area contributed by atoms with Gasteiger partial charge in [0.15, 0.2) is 0 Å². The summed E-state index contributed by atoms with van der Waals surface area (Å²) in [6.45, 7) is 4.57. The molecule has 0 amide bonds. The summed E-state index contributed by atoms with van der Waals surface area (Å²) in [5.41, 5.74) is 3.29. The summed E-state index contributed by atoms with van der Waals surface area (Å²) >= 11 is 0. The van der Waals surface area contributed by atoms with Crippen molar-refractivity contribution in [1.29, 1.82) is 0 Å². The molecule has 0 aliphatic carbocycles. The maximum atomic E-state index is 6.92. The zero-order valence-electron chi connectivity index (χ0n) is 16.2. The van der Waals surface area contributed by atoms with Gasteiger partial charge in [0.05, 0.1) is 5.41 Å². The first-order valence-corrected chi connectivity index (χ1v) is 9.90. The molecule has 2 heteroatoms. The minimum atomic E-state index is -0.490. The predicted molar refractivity (Wildman–Crippen MR) is 113 cm³/mol. The lowest BCUT2D eigenvalue weighted by atomic mass is 9.69. The van der Waals surface area contributed by atoms with E-state index < -0.39 is 5.72 Å². The maximum absolute atomic E-state index is 6.92. The summed E-state index contributed by atoms with van der Waals surface area (Å²) in [5, 5.41) is 2.50. The van der Waals surface area contributed by atoms with E-state index in [2.05, 4.69) is 98.6 Å².